The van der Waals surface area contributed by atoms with Crippen LogP contribution in [0.4, 0.5) is 17.3 Å². The number of anilines is 2. The molecule has 2 aromatic rings. The van der Waals surface area contributed by atoms with Crippen LogP contribution in [0.2, 0.25) is 0 Å². The topological polar surface area (TPSA) is 99.3 Å². The number of hydrogen-bond donors (Lipinski definition) is 1. The second-order valence-corrected chi connectivity index (χ2v) is 6.50. The number of piperidine rings is 1. The van der Waals surface area contributed by atoms with Crippen molar-refractivity contribution in [1.29, 1.82) is 5.26 Å². The molecule has 1 N–H and O–H groups in total. The summed E-state index contributed by atoms with van der Waals surface area (Å²) in [6.45, 7) is 1.88. The number of aliphatic imine (C=N–C) groups is 1. The van der Waals surface area contributed by atoms with E-state index in [1.54, 1.807) is 6.20 Å². The fraction of sp³-hybridized carbons (Fsp3) is 0.389. The van der Waals surface area contributed by atoms with Crippen LogP contribution >= 0.6 is 0 Å². The van der Waals surface area contributed by atoms with E-state index in [2.05, 4.69) is 37.2 Å². The van der Waals surface area contributed by atoms with Crippen LogP contribution in [0.5, 0.6) is 5.88 Å². The molecular weight excluding hydrogens is 330 g/mol. The van der Waals surface area contributed by atoms with Gasteiger partial charge >= 0.3 is 0 Å². The number of nitrogens with one attached hydrogen (secondary N) is 1. The number of nitrogens with zero attached hydrogens (tertiary/aromatic N) is 6. The molecular formula is C18H19N7O. The van der Waals surface area contributed by atoms with Crippen molar-refractivity contribution < 1.29 is 4.74 Å². The molecule has 4 rings (SSSR count). The minimum Gasteiger partial charge on any atom is -0.471 e. The second-order valence-electron chi connectivity index (χ2n) is 6.50. The molecule has 4 heterocycles. The lowest BCUT2D eigenvalue weighted by molar-refractivity contribution is 0.0994. The molecule has 2 aliphatic heterocycles. The number of rotatable bonds is 4. The van der Waals surface area contributed by atoms with Crippen LogP contribution in [0, 0.1) is 11.3 Å². The first-order valence-corrected chi connectivity index (χ1v) is 8.62. The van der Waals surface area contributed by atoms with Crippen LogP contribution < -0.4 is 10.1 Å². The Balaban J connectivity index is 1.53. The number of fused-ring (bicyclic) bond motifs is 1. The molecule has 0 spiro atoms. The van der Waals surface area contributed by atoms with E-state index in [0.717, 1.165) is 43.6 Å². The Morgan fingerprint density at radius 3 is 3.08 bits per heavy atom. The zero-order valence-corrected chi connectivity index (χ0v) is 14.5. The number of likely N-dealkylation sites (N-methyl/N-ethyl adjacent to an activating group) is 1. The van der Waals surface area contributed by atoms with Gasteiger partial charge in [-0.2, -0.15) is 10.2 Å². The summed E-state index contributed by atoms with van der Waals surface area (Å²) in [6, 6.07) is 3.99. The van der Waals surface area contributed by atoms with E-state index in [0.29, 0.717) is 11.6 Å². The van der Waals surface area contributed by atoms with Gasteiger partial charge in [-0.05, 0) is 38.1 Å². The number of aromatic nitrogens is 3. The van der Waals surface area contributed by atoms with Crippen LogP contribution in [0.15, 0.2) is 23.5 Å². The summed E-state index contributed by atoms with van der Waals surface area (Å²) in [4.78, 5) is 19.4. The third-order valence-corrected chi connectivity index (χ3v) is 4.47. The number of ether oxygens (including phenoxy) is 1. The monoisotopic (exact) mass is 349 g/mol. The summed E-state index contributed by atoms with van der Waals surface area (Å²) < 4.78 is 5.98. The van der Waals surface area contributed by atoms with E-state index in [4.69, 9.17) is 4.74 Å². The van der Waals surface area contributed by atoms with Crippen molar-refractivity contribution in [3.63, 3.8) is 0 Å². The van der Waals surface area contributed by atoms with Gasteiger partial charge in [0, 0.05) is 19.2 Å². The highest BCUT2D eigenvalue weighted by molar-refractivity contribution is 5.76. The van der Waals surface area contributed by atoms with Crippen molar-refractivity contribution in [2.24, 2.45) is 4.99 Å². The SMILES string of the molecule is CN1CCCC(Oc2nc(Nc3cc4c(cn3)N=CC4)cnc2C#N)C1. The van der Waals surface area contributed by atoms with Gasteiger partial charge in [0.2, 0.25) is 5.69 Å². The van der Waals surface area contributed by atoms with Gasteiger partial charge in [-0.25, -0.2) is 9.97 Å². The van der Waals surface area contributed by atoms with Gasteiger partial charge in [0.1, 0.15) is 18.0 Å². The molecule has 2 aliphatic rings. The van der Waals surface area contributed by atoms with Gasteiger partial charge in [-0.1, -0.05) is 0 Å². The first-order valence-electron chi connectivity index (χ1n) is 8.62. The maximum absolute atomic E-state index is 9.30. The Bertz CT molecular complexity index is 890. The van der Waals surface area contributed by atoms with E-state index in [1.807, 2.05) is 18.4 Å². The first kappa shape index (κ1) is 16.4. The lowest BCUT2D eigenvalue weighted by Crippen LogP contribution is -2.38. The molecule has 0 saturated carbocycles. The molecule has 0 aliphatic carbocycles. The van der Waals surface area contributed by atoms with Crippen molar-refractivity contribution in [3.05, 3.63) is 29.7 Å². The molecule has 2 aromatic heterocycles. The maximum atomic E-state index is 9.30. The van der Waals surface area contributed by atoms with Crippen molar-refractivity contribution in [1.82, 2.24) is 19.9 Å². The summed E-state index contributed by atoms with van der Waals surface area (Å²) in [5.74, 6) is 1.42. The van der Waals surface area contributed by atoms with Crippen molar-refractivity contribution >= 4 is 23.5 Å². The molecule has 132 valence electrons. The van der Waals surface area contributed by atoms with E-state index in [1.165, 1.54) is 6.20 Å². The second kappa shape index (κ2) is 7.06. The predicted molar refractivity (Wildman–Crippen MR) is 97.3 cm³/mol. The standard InChI is InChI=1S/C18H19N7O/c1-25-6-2-3-13(11-25)26-18-14(8-19)21-10-17(24-18)23-16-7-12-4-5-20-15(12)9-22-16/h5,7,9-10,13H,2-4,6,11H2,1H3,(H,22,23,24). The van der Waals surface area contributed by atoms with Gasteiger partial charge < -0.3 is 15.0 Å². The van der Waals surface area contributed by atoms with E-state index < -0.39 is 0 Å². The van der Waals surface area contributed by atoms with Gasteiger partial charge in [0.25, 0.3) is 5.88 Å². The van der Waals surface area contributed by atoms with Crippen molar-refractivity contribution in [2.75, 3.05) is 25.5 Å². The predicted octanol–water partition coefficient (Wildman–Crippen LogP) is 2.22. The van der Waals surface area contributed by atoms with Crippen LogP contribution in [0.25, 0.3) is 0 Å². The number of hydrogen-bond acceptors (Lipinski definition) is 8. The highest BCUT2D eigenvalue weighted by Gasteiger charge is 2.21. The van der Waals surface area contributed by atoms with E-state index >= 15 is 0 Å². The molecule has 1 fully saturated rings. The Labute approximate surface area is 151 Å². The molecule has 0 radical (unpaired) electrons. The minimum absolute atomic E-state index is 0.0145. The normalized spacial score (nSPS) is 19.0. The fourth-order valence-electron chi connectivity index (χ4n) is 3.18. The molecule has 0 amide bonds. The zero-order valence-electron chi connectivity index (χ0n) is 14.5. The zero-order chi connectivity index (χ0) is 17.9. The molecule has 1 saturated heterocycles. The molecule has 0 aromatic carbocycles. The van der Waals surface area contributed by atoms with Crippen molar-refractivity contribution in [2.45, 2.75) is 25.4 Å². The third-order valence-electron chi connectivity index (χ3n) is 4.47. The van der Waals surface area contributed by atoms with Gasteiger partial charge in [0.15, 0.2) is 5.82 Å². The third kappa shape index (κ3) is 3.48. The average Bonchev–Trinajstić information content (AvgIpc) is 3.10. The van der Waals surface area contributed by atoms with Crippen LogP contribution in [0.1, 0.15) is 24.1 Å². The van der Waals surface area contributed by atoms with Gasteiger partial charge in [-0.3, -0.25) is 4.99 Å². The largest absolute Gasteiger partial charge is 0.471 e. The smallest absolute Gasteiger partial charge is 0.253 e. The average molecular weight is 349 g/mol. The van der Waals surface area contributed by atoms with Crippen LogP contribution in [0.3, 0.4) is 0 Å². The Morgan fingerprint density at radius 2 is 2.23 bits per heavy atom. The molecule has 1 unspecified atom stereocenters. The number of pyridine rings is 1. The summed E-state index contributed by atoms with van der Waals surface area (Å²) in [5, 5.41) is 12.4. The molecule has 1 atom stereocenters. The number of likely N-dealkylation sites (tertiary alicyclic amines) is 1. The molecule has 26 heavy (non-hydrogen) atoms. The lowest BCUT2D eigenvalue weighted by atomic mass is 10.1. The van der Waals surface area contributed by atoms with Crippen LogP contribution in [-0.4, -0.2) is 52.3 Å². The quantitative estimate of drug-likeness (QED) is 0.903. The molecule has 8 nitrogen and oxygen atoms in total. The fourth-order valence-corrected chi connectivity index (χ4v) is 3.18. The highest BCUT2D eigenvalue weighted by Crippen LogP contribution is 2.27. The number of nitriles is 1. The van der Waals surface area contributed by atoms with E-state index in [9.17, 15) is 5.26 Å². The molecule has 0 bridgehead atoms. The lowest BCUT2D eigenvalue weighted by Gasteiger charge is -2.29. The van der Waals surface area contributed by atoms with Crippen molar-refractivity contribution in [3.8, 4) is 11.9 Å². The summed E-state index contributed by atoms with van der Waals surface area (Å²) in [6.07, 6.45) is 7.94. The molecule has 8 heteroatoms. The Hall–Kier alpha value is -3.05. The van der Waals surface area contributed by atoms with E-state index in [-0.39, 0.29) is 17.7 Å². The maximum Gasteiger partial charge on any atom is 0.253 e. The summed E-state index contributed by atoms with van der Waals surface area (Å²) >= 11 is 0. The van der Waals surface area contributed by atoms with Gasteiger partial charge in [0.05, 0.1) is 18.1 Å². The minimum atomic E-state index is 0.0145. The first-order chi connectivity index (χ1) is 12.7. The summed E-state index contributed by atoms with van der Waals surface area (Å²) in [5.41, 5.74) is 2.21. The highest BCUT2D eigenvalue weighted by atomic mass is 16.5. The van der Waals surface area contributed by atoms with Crippen LogP contribution in [-0.2, 0) is 6.42 Å². The Morgan fingerprint density at radius 1 is 1.31 bits per heavy atom. The van der Waals surface area contributed by atoms with Gasteiger partial charge in [-0.15, -0.1) is 0 Å². The summed E-state index contributed by atoms with van der Waals surface area (Å²) in [7, 11) is 2.06. The Kier molecular flexibility index (Phi) is 4.46.